The number of aromatic nitrogens is 5. The van der Waals surface area contributed by atoms with E-state index in [-0.39, 0.29) is 18.9 Å². The Bertz CT molecular complexity index is 1280. The quantitative estimate of drug-likeness (QED) is 0.450. The maximum Gasteiger partial charge on any atom is 0.142 e. The van der Waals surface area contributed by atoms with Crippen molar-refractivity contribution in [2.24, 2.45) is 7.05 Å². The van der Waals surface area contributed by atoms with Crippen LogP contribution in [-0.2, 0) is 7.05 Å². The smallest absolute Gasteiger partial charge is 0.142 e. The maximum absolute atomic E-state index is 14.2. The van der Waals surface area contributed by atoms with Crippen molar-refractivity contribution in [1.82, 2.24) is 24.3 Å². The van der Waals surface area contributed by atoms with Crippen LogP contribution in [0.25, 0.3) is 33.4 Å². The molecular weight excluding hydrogens is 403 g/mol. The Labute approximate surface area is 177 Å². The van der Waals surface area contributed by atoms with Crippen LogP contribution >= 0.6 is 0 Å². The third-order valence-corrected chi connectivity index (χ3v) is 6.20. The molecule has 3 heterocycles. The number of benzene rings is 1. The number of halogens is 3. The van der Waals surface area contributed by atoms with Crippen LogP contribution in [0.1, 0.15) is 30.4 Å². The number of imidazole rings is 1. The molecule has 5 rings (SSSR count). The zero-order valence-electron chi connectivity index (χ0n) is 17.5. The third-order valence-electron chi connectivity index (χ3n) is 6.20. The van der Waals surface area contributed by atoms with Gasteiger partial charge in [-0.25, -0.2) is 18.2 Å². The van der Waals surface area contributed by atoms with E-state index in [1.54, 1.807) is 17.8 Å². The van der Waals surface area contributed by atoms with Gasteiger partial charge in [0.2, 0.25) is 0 Å². The van der Waals surface area contributed by atoms with E-state index in [1.165, 1.54) is 12.3 Å². The van der Waals surface area contributed by atoms with E-state index in [1.807, 2.05) is 36.7 Å². The summed E-state index contributed by atoms with van der Waals surface area (Å²) in [7, 11) is 1.95. The zero-order chi connectivity index (χ0) is 21.9. The highest BCUT2D eigenvalue weighted by Gasteiger charge is 2.36. The Morgan fingerprint density at radius 3 is 2.52 bits per heavy atom. The first-order valence-electron chi connectivity index (χ1n) is 10.2. The van der Waals surface area contributed by atoms with Gasteiger partial charge in [0, 0.05) is 42.8 Å². The molecule has 160 valence electrons. The molecule has 1 fully saturated rings. The van der Waals surface area contributed by atoms with Crippen molar-refractivity contribution in [2.45, 2.75) is 45.1 Å². The summed E-state index contributed by atoms with van der Waals surface area (Å²) in [4.78, 5) is 8.95. The zero-order valence-corrected chi connectivity index (χ0v) is 17.5. The van der Waals surface area contributed by atoms with E-state index in [4.69, 9.17) is 0 Å². The lowest BCUT2D eigenvalue weighted by molar-refractivity contribution is 0.199. The molecule has 0 N–H and O–H groups in total. The van der Waals surface area contributed by atoms with E-state index in [2.05, 4.69) is 15.1 Å². The molecule has 0 unspecified atom stereocenters. The lowest BCUT2D eigenvalue weighted by Gasteiger charge is -2.10. The summed E-state index contributed by atoms with van der Waals surface area (Å²) in [6.45, 7) is 3.74. The number of pyridine rings is 1. The van der Waals surface area contributed by atoms with Crippen molar-refractivity contribution in [3.05, 3.63) is 54.0 Å². The Morgan fingerprint density at radius 1 is 1.03 bits per heavy atom. The number of rotatable bonds is 3. The fourth-order valence-electron chi connectivity index (χ4n) is 4.40. The van der Waals surface area contributed by atoms with Gasteiger partial charge in [-0.2, -0.15) is 5.10 Å². The van der Waals surface area contributed by atoms with Gasteiger partial charge in [-0.15, -0.1) is 0 Å². The fraction of sp³-hybridized carbons (Fsp3) is 0.348. The molecule has 0 saturated heterocycles. The molecule has 2 atom stereocenters. The molecule has 1 aliphatic rings. The van der Waals surface area contributed by atoms with E-state index >= 15 is 0 Å². The SMILES string of the molecule is Cc1nn(C2C[C@@H](F)[C@H](F)C2)cc1-c1cc(F)cnc1-c1ccc2c(c1)nc(C)n2C. The Kier molecular flexibility index (Phi) is 4.60. The van der Waals surface area contributed by atoms with Crippen LogP contribution in [0.3, 0.4) is 0 Å². The number of aryl methyl sites for hydroxylation is 3. The van der Waals surface area contributed by atoms with Crippen LogP contribution in [0.5, 0.6) is 0 Å². The normalized spacial score (nSPS) is 19.5. The first-order chi connectivity index (χ1) is 14.8. The molecule has 1 aromatic carbocycles. The minimum Gasteiger partial charge on any atom is -0.331 e. The summed E-state index contributed by atoms with van der Waals surface area (Å²) >= 11 is 0. The number of fused-ring (bicyclic) bond motifs is 1. The van der Waals surface area contributed by atoms with Crippen molar-refractivity contribution < 1.29 is 13.2 Å². The molecule has 1 aliphatic carbocycles. The van der Waals surface area contributed by atoms with E-state index in [9.17, 15) is 13.2 Å². The topological polar surface area (TPSA) is 48.5 Å². The van der Waals surface area contributed by atoms with Gasteiger partial charge in [0.05, 0.1) is 34.7 Å². The van der Waals surface area contributed by atoms with E-state index < -0.39 is 18.2 Å². The first kappa shape index (κ1) is 19.8. The van der Waals surface area contributed by atoms with Gasteiger partial charge < -0.3 is 4.57 Å². The predicted octanol–water partition coefficient (Wildman–Crippen LogP) is 5.27. The molecule has 3 aromatic heterocycles. The lowest BCUT2D eigenvalue weighted by Crippen LogP contribution is -2.06. The second kappa shape index (κ2) is 7.21. The minimum atomic E-state index is -1.47. The molecular formula is C23H22F3N5. The maximum atomic E-state index is 14.2. The van der Waals surface area contributed by atoms with Gasteiger partial charge in [-0.3, -0.25) is 9.67 Å². The van der Waals surface area contributed by atoms with Gasteiger partial charge in [0.15, 0.2) is 0 Å². The minimum absolute atomic E-state index is 0.0890. The second-order valence-corrected chi connectivity index (χ2v) is 8.24. The van der Waals surface area contributed by atoms with Gasteiger partial charge in [-0.1, -0.05) is 6.07 Å². The van der Waals surface area contributed by atoms with Gasteiger partial charge in [0.25, 0.3) is 0 Å². The molecule has 5 nitrogen and oxygen atoms in total. The average Bonchev–Trinajstić information content (AvgIpc) is 3.37. The molecule has 8 heteroatoms. The van der Waals surface area contributed by atoms with Crippen molar-refractivity contribution >= 4 is 11.0 Å². The second-order valence-electron chi connectivity index (χ2n) is 8.24. The predicted molar refractivity (Wildman–Crippen MR) is 113 cm³/mol. The number of nitrogens with zero attached hydrogens (tertiary/aromatic N) is 5. The van der Waals surface area contributed by atoms with Crippen LogP contribution in [-0.4, -0.2) is 36.7 Å². The number of hydrogen-bond donors (Lipinski definition) is 0. The Balaban J connectivity index is 1.61. The molecule has 4 aromatic rings. The molecule has 0 spiro atoms. The largest absolute Gasteiger partial charge is 0.331 e. The monoisotopic (exact) mass is 425 g/mol. The summed E-state index contributed by atoms with van der Waals surface area (Å²) in [6, 6.07) is 6.91. The summed E-state index contributed by atoms with van der Waals surface area (Å²) in [5.74, 6) is 0.430. The van der Waals surface area contributed by atoms with Crippen molar-refractivity contribution in [3.8, 4) is 22.4 Å². The number of alkyl halides is 2. The summed E-state index contributed by atoms with van der Waals surface area (Å²) in [6.07, 6.45) is 0.159. The van der Waals surface area contributed by atoms with Gasteiger partial charge in [-0.05, 0) is 32.0 Å². The summed E-state index contributed by atoms with van der Waals surface area (Å²) in [5.41, 5.74) is 5.17. The fourth-order valence-corrected chi connectivity index (χ4v) is 4.40. The highest BCUT2D eigenvalue weighted by atomic mass is 19.2. The van der Waals surface area contributed by atoms with Gasteiger partial charge >= 0.3 is 0 Å². The Morgan fingerprint density at radius 2 is 1.77 bits per heavy atom. The Hall–Kier alpha value is -3.16. The number of hydrogen-bond acceptors (Lipinski definition) is 3. The van der Waals surface area contributed by atoms with Crippen molar-refractivity contribution in [1.29, 1.82) is 0 Å². The highest BCUT2D eigenvalue weighted by Crippen LogP contribution is 2.38. The van der Waals surface area contributed by atoms with Gasteiger partial charge in [0.1, 0.15) is 24.0 Å². The molecule has 0 amide bonds. The molecule has 0 aliphatic heterocycles. The third kappa shape index (κ3) is 3.30. The van der Waals surface area contributed by atoms with Crippen molar-refractivity contribution in [3.63, 3.8) is 0 Å². The lowest BCUT2D eigenvalue weighted by atomic mass is 9.99. The van der Waals surface area contributed by atoms with Crippen LogP contribution in [0.15, 0.2) is 36.7 Å². The van der Waals surface area contributed by atoms with Crippen molar-refractivity contribution in [2.75, 3.05) is 0 Å². The first-order valence-corrected chi connectivity index (χ1v) is 10.2. The molecule has 1 saturated carbocycles. The van der Waals surface area contributed by atoms with Crippen LogP contribution in [0.4, 0.5) is 13.2 Å². The summed E-state index contributed by atoms with van der Waals surface area (Å²) in [5, 5.41) is 4.48. The standard InChI is InChI=1S/C23H22F3N5/c1-12-18(11-31(29-12)16-8-19(25)20(26)9-16)17-7-15(24)10-27-23(17)14-4-5-22-21(6-14)28-13(2)30(22)3/h4-7,10-11,16,19-20H,8-9H2,1-3H3/t19-,20-/m1/s1. The molecule has 0 radical (unpaired) electrons. The van der Waals surface area contributed by atoms with Crippen LogP contribution in [0.2, 0.25) is 0 Å². The summed E-state index contributed by atoms with van der Waals surface area (Å²) < 4.78 is 45.2. The van der Waals surface area contributed by atoms with E-state index in [0.29, 0.717) is 22.5 Å². The van der Waals surface area contributed by atoms with Crippen LogP contribution < -0.4 is 0 Å². The van der Waals surface area contributed by atoms with Crippen LogP contribution in [0, 0.1) is 19.7 Å². The average molecular weight is 425 g/mol. The molecule has 0 bridgehead atoms. The van der Waals surface area contributed by atoms with E-state index in [0.717, 1.165) is 22.4 Å². The molecule has 31 heavy (non-hydrogen) atoms. The highest BCUT2D eigenvalue weighted by molar-refractivity contribution is 5.87.